The second-order valence-corrected chi connectivity index (χ2v) is 5.16. The normalized spacial score (nSPS) is 12.6. The molecule has 0 saturated carbocycles. The zero-order valence-electron chi connectivity index (χ0n) is 11.5. The lowest BCUT2D eigenvalue weighted by Gasteiger charge is -2.15. The van der Waals surface area contributed by atoms with Crippen molar-refractivity contribution in [2.45, 2.75) is 26.7 Å². The molecular weight excluding hydrogens is 258 g/mol. The third kappa shape index (κ3) is 3.57. The number of rotatable bonds is 6. The van der Waals surface area contributed by atoms with E-state index >= 15 is 0 Å². The number of hydrogen-bond acceptors (Lipinski definition) is 3. The van der Waals surface area contributed by atoms with E-state index in [1.165, 1.54) is 0 Å². The third-order valence-electron chi connectivity index (χ3n) is 3.40. The molecule has 1 N–H and O–H groups in total. The number of fused-ring (bicyclic) bond motifs is 1. The molecule has 0 radical (unpaired) electrons. The third-order valence-corrected chi connectivity index (χ3v) is 3.62. The first-order valence-corrected chi connectivity index (χ1v) is 7.31. The zero-order valence-corrected chi connectivity index (χ0v) is 12.2. The molecule has 0 spiro atoms. The van der Waals surface area contributed by atoms with Crippen LogP contribution in [0.2, 0.25) is 0 Å². The molecule has 1 atom stereocenters. The van der Waals surface area contributed by atoms with Crippen LogP contribution in [0, 0.1) is 12.8 Å². The number of aromatic nitrogens is 2. The van der Waals surface area contributed by atoms with Crippen LogP contribution in [0.15, 0.2) is 24.3 Å². The highest BCUT2D eigenvalue weighted by Crippen LogP contribution is 2.17. The number of anilines is 1. The molecule has 0 bridgehead atoms. The number of para-hydroxylation sites is 2. The van der Waals surface area contributed by atoms with Gasteiger partial charge in [0.2, 0.25) is 0 Å². The molecule has 0 fully saturated rings. The molecule has 102 valence electrons. The molecule has 1 aromatic carbocycles. The Hall–Kier alpha value is -1.35. The molecule has 4 heteroatoms. The average molecular weight is 278 g/mol. The summed E-state index contributed by atoms with van der Waals surface area (Å²) in [5, 5.41) is 3.41. The molecule has 3 nitrogen and oxygen atoms in total. The molecule has 1 heterocycles. The minimum absolute atomic E-state index is 0.588. The van der Waals surface area contributed by atoms with E-state index in [1.54, 1.807) is 0 Å². The van der Waals surface area contributed by atoms with E-state index in [2.05, 4.69) is 22.2 Å². The van der Waals surface area contributed by atoms with Crippen molar-refractivity contribution >= 4 is 28.5 Å². The number of nitrogens with zero attached hydrogens (tertiary/aromatic N) is 2. The van der Waals surface area contributed by atoms with Crippen LogP contribution >= 0.6 is 11.6 Å². The molecule has 0 saturated heterocycles. The highest BCUT2D eigenvalue weighted by Gasteiger charge is 2.08. The molecule has 19 heavy (non-hydrogen) atoms. The number of nitrogens with one attached hydrogen (secondary N) is 1. The Morgan fingerprint density at radius 3 is 2.53 bits per heavy atom. The Bertz CT molecular complexity index is 542. The van der Waals surface area contributed by atoms with Gasteiger partial charge in [0.05, 0.1) is 16.7 Å². The molecule has 0 aliphatic rings. The number of alkyl halides is 1. The molecule has 1 unspecified atom stereocenters. The number of benzene rings is 1. The van der Waals surface area contributed by atoms with Crippen LogP contribution < -0.4 is 5.32 Å². The van der Waals surface area contributed by atoms with Crippen LogP contribution in [0.25, 0.3) is 11.0 Å². The fourth-order valence-electron chi connectivity index (χ4n) is 2.10. The number of hydrogen-bond donors (Lipinski definition) is 1. The standard InChI is InChI=1S/C15H20ClN3/c1-3-12(8-9-16)10-17-15-11(2)18-13-6-4-5-7-14(13)19-15/h4-7,12H,3,8-10H2,1-2H3,(H,17,19). The van der Waals surface area contributed by atoms with Crippen LogP contribution in [0.5, 0.6) is 0 Å². The van der Waals surface area contributed by atoms with Crippen molar-refractivity contribution in [3.05, 3.63) is 30.0 Å². The molecule has 2 aromatic rings. The van der Waals surface area contributed by atoms with Gasteiger partial charge in [-0.15, -0.1) is 11.6 Å². The van der Waals surface area contributed by atoms with Gasteiger partial charge in [-0.1, -0.05) is 25.5 Å². The van der Waals surface area contributed by atoms with E-state index in [4.69, 9.17) is 11.6 Å². The van der Waals surface area contributed by atoms with Crippen molar-refractivity contribution in [3.8, 4) is 0 Å². The van der Waals surface area contributed by atoms with Crippen LogP contribution in [-0.4, -0.2) is 22.4 Å². The van der Waals surface area contributed by atoms with Gasteiger partial charge in [0.1, 0.15) is 5.82 Å². The lowest BCUT2D eigenvalue weighted by molar-refractivity contribution is 0.521. The summed E-state index contributed by atoms with van der Waals surface area (Å²) in [6.07, 6.45) is 2.16. The largest absolute Gasteiger partial charge is 0.368 e. The van der Waals surface area contributed by atoms with E-state index < -0.39 is 0 Å². The molecule has 2 rings (SSSR count). The highest BCUT2D eigenvalue weighted by molar-refractivity contribution is 6.17. The predicted octanol–water partition coefficient (Wildman–Crippen LogP) is 4.01. The summed E-state index contributed by atoms with van der Waals surface area (Å²) in [4.78, 5) is 9.21. The average Bonchev–Trinajstić information content (AvgIpc) is 2.43. The van der Waals surface area contributed by atoms with E-state index in [9.17, 15) is 0 Å². The zero-order chi connectivity index (χ0) is 13.7. The van der Waals surface area contributed by atoms with Gasteiger partial charge in [-0.05, 0) is 31.4 Å². The minimum atomic E-state index is 0.588. The Balaban J connectivity index is 2.13. The lowest BCUT2D eigenvalue weighted by Crippen LogP contribution is -2.16. The van der Waals surface area contributed by atoms with Gasteiger partial charge < -0.3 is 5.32 Å². The Labute approximate surface area is 119 Å². The van der Waals surface area contributed by atoms with Crippen molar-refractivity contribution in [3.63, 3.8) is 0 Å². The highest BCUT2D eigenvalue weighted by atomic mass is 35.5. The molecule has 0 aliphatic carbocycles. The first kappa shape index (κ1) is 14.1. The summed E-state index contributed by atoms with van der Waals surface area (Å²) in [6.45, 7) is 5.08. The van der Waals surface area contributed by atoms with Crippen LogP contribution in [0.3, 0.4) is 0 Å². The first-order chi connectivity index (χ1) is 9.24. The monoisotopic (exact) mass is 277 g/mol. The van der Waals surface area contributed by atoms with E-state index in [-0.39, 0.29) is 0 Å². The van der Waals surface area contributed by atoms with E-state index in [1.807, 2.05) is 31.2 Å². The Morgan fingerprint density at radius 2 is 1.89 bits per heavy atom. The number of aryl methyl sites for hydroxylation is 1. The van der Waals surface area contributed by atoms with Gasteiger partial charge in [-0.25, -0.2) is 9.97 Å². The predicted molar refractivity (Wildman–Crippen MR) is 81.9 cm³/mol. The molecule has 1 aromatic heterocycles. The van der Waals surface area contributed by atoms with E-state index in [0.717, 1.165) is 41.9 Å². The van der Waals surface area contributed by atoms with Crippen molar-refractivity contribution < 1.29 is 0 Å². The van der Waals surface area contributed by atoms with Crippen molar-refractivity contribution in [2.24, 2.45) is 5.92 Å². The smallest absolute Gasteiger partial charge is 0.148 e. The van der Waals surface area contributed by atoms with Crippen LogP contribution in [-0.2, 0) is 0 Å². The van der Waals surface area contributed by atoms with Crippen LogP contribution in [0.4, 0.5) is 5.82 Å². The van der Waals surface area contributed by atoms with Crippen LogP contribution in [0.1, 0.15) is 25.5 Å². The summed E-state index contributed by atoms with van der Waals surface area (Å²) >= 11 is 5.81. The fraction of sp³-hybridized carbons (Fsp3) is 0.467. The molecule has 0 amide bonds. The van der Waals surface area contributed by atoms with Gasteiger partial charge in [-0.3, -0.25) is 0 Å². The quantitative estimate of drug-likeness (QED) is 0.811. The lowest BCUT2D eigenvalue weighted by atomic mass is 10.0. The maximum Gasteiger partial charge on any atom is 0.148 e. The second-order valence-electron chi connectivity index (χ2n) is 4.78. The van der Waals surface area contributed by atoms with Crippen molar-refractivity contribution in [1.29, 1.82) is 0 Å². The van der Waals surface area contributed by atoms with Gasteiger partial charge in [0.25, 0.3) is 0 Å². The van der Waals surface area contributed by atoms with Gasteiger partial charge in [-0.2, -0.15) is 0 Å². The van der Waals surface area contributed by atoms with Gasteiger partial charge >= 0.3 is 0 Å². The summed E-state index contributed by atoms with van der Waals surface area (Å²) < 4.78 is 0. The first-order valence-electron chi connectivity index (χ1n) is 6.77. The summed E-state index contributed by atoms with van der Waals surface area (Å²) in [6, 6.07) is 7.94. The SMILES string of the molecule is CCC(CCCl)CNc1nc2ccccc2nc1C. The van der Waals surface area contributed by atoms with Gasteiger partial charge in [0, 0.05) is 12.4 Å². The topological polar surface area (TPSA) is 37.8 Å². The van der Waals surface area contributed by atoms with E-state index in [0.29, 0.717) is 11.8 Å². The van der Waals surface area contributed by atoms with Crippen molar-refractivity contribution in [2.75, 3.05) is 17.7 Å². The Kier molecular flexibility index (Phi) is 4.97. The number of halogens is 1. The van der Waals surface area contributed by atoms with Gasteiger partial charge in [0.15, 0.2) is 0 Å². The molecule has 0 aliphatic heterocycles. The molecular formula is C15H20ClN3. The summed E-state index contributed by atoms with van der Waals surface area (Å²) in [7, 11) is 0. The maximum atomic E-state index is 5.81. The van der Waals surface area contributed by atoms with Crippen molar-refractivity contribution in [1.82, 2.24) is 9.97 Å². The summed E-state index contributed by atoms with van der Waals surface area (Å²) in [5.41, 5.74) is 2.82. The fourth-order valence-corrected chi connectivity index (χ4v) is 2.41. The Morgan fingerprint density at radius 1 is 1.21 bits per heavy atom. The maximum absolute atomic E-state index is 5.81. The second kappa shape index (κ2) is 6.71. The summed E-state index contributed by atoms with van der Waals surface area (Å²) in [5.74, 6) is 2.18. The minimum Gasteiger partial charge on any atom is -0.368 e.